The average molecular weight is 349 g/mol. The largest absolute Gasteiger partial charge is 0.341 e. The van der Waals surface area contributed by atoms with Gasteiger partial charge in [0.25, 0.3) is 0 Å². The molecule has 1 aliphatic heterocycles. The summed E-state index contributed by atoms with van der Waals surface area (Å²) in [6.45, 7) is 2.89. The number of hydrogen-bond acceptors (Lipinski definition) is 2. The van der Waals surface area contributed by atoms with E-state index in [2.05, 4.69) is 39.0 Å². The van der Waals surface area contributed by atoms with E-state index in [1.165, 1.54) is 17.2 Å². The molecule has 21 heavy (non-hydrogen) atoms. The van der Waals surface area contributed by atoms with Crippen molar-refractivity contribution in [1.29, 1.82) is 0 Å². The highest BCUT2D eigenvalue weighted by Crippen LogP contribution is 2.36. The van der Waals surface area contributed by atoms with E-state index in [4.69, 9.17) is 5.73 Å². The zero-order chi connectivity index (χ0) is 15.0. The zero-order valence-electron chi connectivity index (χ0n) is 11.9. The Bertz CT molecular complexity index is 670. The van der Waals surface area contributed by atoms with Crippen LogP contribution in [-0.4, -0.2) is 12.6 Å². The molecule has 1 heterocycles. The van der Waals surface area contributed by atoms with E-state index in [-0.39, 0.29) is 11.9 Å². The molecule has 110 valence electrons. The fourth-order valence-electron chi connectivity index (χ4n) is 2.84. The molecule has 0 aromatic heterocycles. The van der Waals surface area contributed by atoms with Crippen LogP contribution in [0.1, 0.15) is 18.1 Å². The third-order valence-corrected chi connectivity index (χ3v) is 4.57. The smallest absolute Gasteiger partial charge is 0.125 e. The molecule has 0 bridgehead atoms. The van der Waals surface area contributed by atoms with Crippen LogP contribution in [0.25, 0.3) is 0 Å². The van der Waals surface area contributed by atoms with Crippen molar-refractivity contribution in [2.45, 2.75) is 25.8 Å². The van der Waals surface area contributed by atoms with Crippen molar-refractivity contribution in [2.75, 3.05) is 11.4 Å². The summed E-state index contributed by atoms with van der Waals surface area (Å²) < 4.78 is 14.5. The number of hydrogen-bond donors (Lipinski definition) is 1. The van der Waals surface area contributed by atoms with Crippen LogP contribution in [0.15, 0.2) is 40.9 Å². The van der Waals surface area contributed by atoms with Gasteiger partial charge in [0.1, 0.15) is 5.82 Å². The number of anilines is 2. The molecule has 2 aromatic rings. The molecule has 3 rings (SSSR count). The first kappa shape index (κ1) is 14.5. The molecule has 0 radical (unpaired) electrons. The van der Waals surface area contributed by atoms with Crippen molar-refractivity contribution in [3.05, 3.63) is 57.8 Å². The molecule has 0 amide bonds. The number of nitrogens with zero attached hydrogens (tertiary/aromatic N) is 1. The van der Waals surface area contributed by atoms with Gasteiger partial charge in [-0.15, -0.1) is 0 Å². The number of nitrogens with two attached hydrogens (primary N) is 1. The second-order valence-corrected chi connectivity index (χ2v) is 6.49. The van der Waals surface area contributed by atoms with Crippen LogP contribution in [-0.2, 0) is 12.8 Å². The fourth-order valence-corrected chi connectivity index (χ4v) is 3.37. The van der Waals surface area contributed by atoms with Gasteiger partial charge in [0.2, 0.25) is 0 Å². The van der Waals surface area contributed by atoms with Crippen LogP contribution in [0.5, 0.6) is 0 Å². The van der Waals surface area contributed by atoms with Crippen LogP contribution in [0.3, 0.4) is 0 Å². The molecule has 0 fully saturated rings. The third kappa shape index (κ3) is 2.97. The highest BCUT2D eigenvalue weighted by Gasteiger charge is 2.21. The first-order valence-corrected chi connectivity index (χ1v) is 7.94. The van der Waals surface area contributed by atoms with E-state index >= 15 is 0 Å². The summed E-state index contributed by atoms with van der Waals surface area (Å²) in [5.41, 5.74) is 10.3. The summed E-state index contributed by atoms with van der Waals surface area (Å²) in [4.78, 5) is 2.17. The molecular formula is C17H18BrFN2. The third-order valence-electron chi connectivity index (χ3n) is 3.83. The Morgan fingerprint density at radius 2 is 2.10 bits per heavy atom. The Hall–Kier alpha value is -1.39. The van der Waals surface area contributed by atoms with E-state index in [0.29, 0.717) is 0 Å². The summed E-state index contributed by atoms with van der Waals surface area (Å²) in [6, 6.07) is 11.4. The zero-order valence-corrected chi connectivity index (χ0v) is 13.5. The first-order valence-electron chi connectivity index (χ1n) is 7.14. The van der Waals surface area contributed by atoms with Gasteiger partial charge < -0.3 is 10.6 Å². The second kappa shape index (κ2) is 5.78. The summed E-state index contributed by atoms with van der Waals surface area (Å²) in [7, 11) is 0. The maximum absolute atomic E-state index is 13.5. The number of rotatable bonds is 3. The molecule has 1 unspecified atom stereocenters. The van der Waals surface area contributed by atoms with Gasteiger partial charge in [-0.05, 0) is 55.2 Å². The van der Waals surface area contributed by atoms with Gasteiger partial charge in [0, 0.05) is 28.4 Å². The predicted molar refractivity (Wildman–Crippen MR) is 88.6 cm³/mol. The molecule has 1 atom stereocenters. The number of halogens is 2. The minimum Gasteiger partial charge on any atom is -0.341 e. The van der Waals surface area contributed by atoms with Gasteiger partial charge in [0.05, 0.1) is 0 Å². The summed E-state index contributed by atoms with van der Waals surface area (Å²) in [5.74, 6) is -0.187. The number of fused-ring (bicyclic) bond motifs is 1. The van der Waals surface area contributed by atoms with Gasteiger partial charge in [-0.25, -0.2) is 4.39 Å². The molecule has 4 heteroatoms. The van der Waals surface area contributed by atoms with E-state index in [9.17, 15) is 4.39 Å². The van der Waals surface area contributed by atoms with Gasteiger partial charge in [-0.2, -0.15) is 0 Å². The van der Waals surface area contributed by atoms with Crippen LogP contribution in [0.2, 0.25) is 0 Å². The molecular weight excluding hydrogens is 331 g/mol. The minimum absolute atomic E-state index is 0.133. The number of benzene rings is 2. The van der Waals surface area contributed by atoms with Crippen molar-refractivity contribution >= 4 is 27.3 Å². The minimum atomic E-state index is -0.187. The normalized spacial score (nSPS) is 15.1. The Morgan fingerprint density at radius 1 is 1.29 bits per heavy atom. The molecule has 2 aromatic carbocycles. The van der Waals surface area contributed by atoms with Crippen molar-refractivity contribution in [3.63, 3.8) is 0 Å². The Morgan fingerprint density at radius 3 is 2.81 bits per heavy atom. The lowest BCUT2D eigenvalue weighted by molar-refractivity contribution is 0.628. The van der Waals surface area contributed by atoms with Crippen molar-refractivity contribution in [1.82, 2.24) is 0 Å². The summed E-state index contributed by atoms with van der Waals surface area (Å²) in [5, 5.41) is 0. The molecule has 0 saturated carbocycles. The molecule has 2 nitrogen and oxygen atoms in total. The summed E-state index contributed by atoms with van der Waals surface area (Å²) >= 11 is 3.62. The first-order chi connectivity index (χ1) is 10.0. The standard InChI is InChI=1S/C17H18BrFN2/c1-11(20)8-13-3-5-15(10-16(13)18)21-7-6-12-2-4-14(19)9-17(12)21/h2-5,9-11H,6-8,20H2,1H3. The van der Waals surface area contributed by atoms with Gasteiger partial charge in [-0.3, -0.25) is 0 Å². The van der Waals surface area contributed by atoms with Crippen molar-refractivity contribution in [3.8, 4) is 0 Å². The van der Waals surface area contributed by atoms with E-state index in [1.54, 1.807) is 6.07 Å². The second-order valence-electron chi connectivity index (χ2n) is 5.63. The average Bonchev–Trinajstić information content (AvgIpc) is 2.83. The van der Waals surface area contributed by atoms with E-state index in [0.717, 1.165) is 35.2 Å². The maximum Gasteiger partial charge on any atom is 0.125 e. The summed E-state index contributed by atoms with van der Waals surface area (Å²) in [6.07, 6.45) is 1.79. The SMILES string of the molecule is CC(N)Cc1ccc(N2CCc3ccc(F)cc32)cc1Br. The highest BCUT2D eigenvalue weighted by atomic mass is 79.9. The fraction of sp³-hybridized carbons (Fsp3) is 0.294. The van der Waals surface area contributed by atoms with Crippen LogP contribution < -0.4 is 10.6 Å². The molecule has 0 aliphatic carbocycles. The Balaban J connectivity index is 1.93. The topological polar surface area (TPSA) is 29.3 Å². The molecule has 0 spiro atoms. The lowest BCUT2D eigenvalue weighted by Gasteiger charge is -2.21. The van der Waals surface area contributed by atoms with Gasteiger partial charge >= 0.3 is 0 Å². The predicted octanol–water partition coefficient (Wildman–Crippen LogP) is 4.17. The lowest BCUT2D eigenvalue weighted by atomic mass is 10.1. The molecule has 0 saturated heterocycles. The van der Waals surface area contributed by atoms with Gasteiger partial charge in [0.15, 0.2) is 0 Å². The van der Waals surface area contributed by atoms with E-state index in [1.807, 2.05) is 13.0 Å². The lowest BCUT2D eigenvalue weighted by Crippen LogP contribution is -2.18. The Kier molecular flexibility index (Phi) is 4.00. The van der Waals surface area contributed by atoms with Crippen LogP contribution in [0, 0.1) is 5.82 Å². The Labute approximate surface area is 132 Å². The van der Waals surface area contributed by atoms with Crippen molar-refractivity contribution in [2.24, 2.45) is 5.73 Å². The van der Waals surface area contributed by atoms with Crippen LogP contribution >= 0.6 is 15.9 Å². The van der Waals surface area contributed by atoms with E-state index < -0.39 is 0 Å². The molecule has 2 N–H and O–H groups in total. The highest BCUT2D eigenvalue weighted by molar-refractivity contribution is 9.10. The van der Waals surface area contributed by atoms with Crippen molar-refractivity contribution < 1.29 is 4.39 Å². The maximum atomic E-state index is 13.5. The quantitative estimate of drug-likeness (QED) is 0.901. The molecule has 1 aliphatic rings. The monoisotopic (exact) mass is 348 g/mol. The van der Waals surface area contributed by atoms with Crippen LogP contribution in [0.4, 0.5) is 15.8 Å². The van der Waals surface area contributed by atoms with Gasteiger partial charge in [-0.1, -0.05) is 28.1 Å².